The van der Waals surface area contributed by atoms with Gasteiger partial charge in [-0.25, -0.2) is 4.98 Å². The smallest absolute Gasteiger partial charge is 0.129 e. The van der Waals surface area contributed by atoms with Crippen molar-refractivity contribution in [1.29, 1.82) is 0 Å². The molecular weight excluding hydrogens is 222 g/mol. The fraction of sp³-hybridized carbons (Fsp3) is 0.583. The number of nitrogens with one attached hydrogen (secondary N) is 1. The van der Waals surface area contributed by atoms with Crippen LogP contribution < -0.4 is 10.2 Å². The van der Waals surface area contributed by atoms with Gasteiger partial charge in [-0.1, -0.05) is 11.6 Å². The predicted molar refractivity (Wildman–Crippen MR) is 66.0 cm³/mol. The molecule has 0 radical (unpaired) electrons. The molecule has 0 bridgehead atoms. The molecule has 3 rings (SSSR count). The third kappa shape index (κ3) is 1.78. The van der Waals surface area contributed by atoms with Gasteiger partial charge in [-0.15, -0.1) is 0 Å². The van der Waals surface area contributed by atoms with Crippen molar-refractivity contribution in [3.05, 3.63) is 23.5 Å². The second-order valence-corrected chi connectivity index (χ2v) is 5.05. The molecule has 4 heteroatoms. The molecule has 2 fully saturated rings. The first-order valence-corrected chi connectivity index (χ1v) is 6.31. The predicted octanol–water partition coefficient (Wildman–Crippen LogP) is 1.92. The molecule has 2 aliphatic rings. The molecule has 2 saturated heterocycles. The zero-order valence-corrected chi connectivity index (χ0v) is 9.95. The maximum atomic E-state index is 5.82. The topological polar surface area (TPSA) is 28.2 Å². The summed E-state index contributed by atoms with van der Waals surface area (Å²) in [6, 6.07) is 4.61. The third-order valence-corrected chi connectivity index (χ3v) is 3.95. The van der Waals surface area contributed by atoms with E-state index in [-0.39, 0.29) is 0 Å². The van der Waals surface area contributed by atoms with E-state index in [0.717, 1.165) is 19.0 Å². The van der Waals surface area contributed by atoms with Crippen LogP contribution >= 0.6 is 11.6 Å². The van der Waals surface area contributed by atoms with E-state index >= 15 is 0 Å². The number of fused-ring (bicyclic) bond motifs is 1. The number of aromatic nitrogens is 1. The zero-order valence-electron chi connectivity index (χ0n) is 9.19. The van der Waals surface area contributed by atoms with Gasteiger partial charge in [0, 0.05) is 25.7 Å². The monoisotopic (exact) mass is 237 g/mol. The van der Waals surface area contributed by atoms with Gasteiger partial charge in [0.1, 0.15) is 5.15 Å². The van der Waals surface area contributed by atoms with Crippen LogP contribution in [0.2, 0.25) is 5.15 Å². The number of nitrogens with zero attached hydrogens (tertiary/aromatic N) is 2. The largest absolute Gasteiger partial charge is 0.366 e. The lowest BCUT2D eigenvalue weighted by atomic mass is 9.92. The van der Waals surface area contributed by atoms with Crippen LogP contribution in [0.3, 0.4) is 0 Å². The number of anilines is 1. The number of pyridine rings is 1. The molecule has 86 valence electrons. The molecule has 16 heavy (non-hydrogen) atoms. The second kappa shape index (κ2) is 4.22. The highest BCUT2D eigenvalue weighted by Gasteiger charge is 2.34. The Hall–Kier alpha value is -0.800. The van der Waals surface area contributed by atoms with Crippen molar-refractivity contribution in [3.63, 3.8) is 0 Å². The molecule has 3 heterocycles. The van der Waals surface area contributed by atoms with Gasteiger partial charge in [-0.3, -0.25) is 0 Å². The Morgan fingerprint density at radius 2 is 2.31 bits per heavy atom. The van der Waals surface area contributed by atoms with Gasteiger partial charge < -0.3 is 10.2 Å². The fourth-order valence-electron chi connectivity index (χ4n) is 2.93. The highest BCUT2D eigenvalue weighted by molar-refractivity contribution is 6.29. The Bertz CT molecular complexity index is 365. The Morgan fingerprint density at radius 3 is 3.12 bits per heavy atom. The van der Waals surface area contributed by atoms with Gasteiger partial charge in [-0.05, 0) is 30.9 Å². The summed E-state index contributed by atoms with van der Waals surface area (Å²) in [5.74, 6) is 0.810. The lowest BCUT2D eigenvalue weighted by molar-refractivity contribution is 0.385. The number of piperidine rings is 1. The molecule has 2 atom stereocenters. The molecule has 0 spiro atoms. The van der Waals surface area contributed by atoms with Gasteiger partial charge in [0.15, 0.2) is 0 Å². The molecule has 0 unspecified atom stereocenters. The second-order valence-electron chi connectivity index (χ2n) is 4.66. The van der Waals surface area contributed by atoms with Gasteiger partial charge in [0.05, 0.1) is 11.9 Å². The number of halogens is 1. The summed E-state index contributed by atoms with van der Waals surface area (Å²) in [6.07, 6.45) is 4.53. The molecule has 3 nitrogen and oxygen atoms in total. The van der Waals surface area contributed by atoms with Crippen molar-refractivity contribution in [1.82, 2.24) is 10.3 Å². The Labute approximate surface area is 101 Å². The minimum atomic E-state index is 0.571. The van der Waals surface area contributed by atoms with E-state index in [4.69, 9.17) is 11.6 Å². The van der Waals surface area contributed by atoms with Crippen LogP contribution in [0.4, 0.5) is 5.69 Å². The number of hydrogen-bond donors (Lipinski definition) is 1. The molecule has 1 aromatic heterocycles. The highest BCUT2D eigenvalue weighted by atomic mass is 35.5. The SMILES string of the molecule is Clc1ccc(N2CCC[C@H]3CNC[C@H]32)cn1. The van der Waals surface area contributed by atoms with Gasteiger partial charge in [0.2, 0.25) is 0 Å². The molecule has 0 aliphatic carbocycles. The first kappa shape index (κ1) is 10.4. The third-order valence-electron chi connectivity index (χ3n) is 3.72. The van der Waals surface area contributed by atoms with Crippen LogP contribution in [0.1, 0.15) is 12.8 Å². The maximum absolute atomic E-state index is 5.82. The van der Waals surface area contributed by atoms with E-state index in [9.17, 15) is 0 Å². The molecule has 0 aromatic carbocycles. The fourth-order valence-corrected chi connectivity index (χ4v) is 3.04. The van der Waals surface area contributed by atoms with Gasteiger partial charge >= 0.3 is 0 Å². The maximum Gasteiger partial charge on any atom is 0.129 e. The molecule has 2 aliphatic heterocycles. The van der Waals surface area contributed by atoms with Crippen LogP contribution in [-0.4, -0.2) is 30.7 Å². The van der Waals surface area contributed by atoms with E-state index < -0.39 is 0 Å². The quantitative estimate of drug-likeness (QED) is 0.757. The minimum Gasteiger partial charge on any atom is -0.366 e. The minimum absolute atomic E-state index is 0.571. The molecule has 0 amide bonds. The summed E-state index contributed by atoms with van der Waals surface area (Å²) >= 11 is 5.82. The van der Waals surface area contributed by atoms with Crippen LogP contribution in [0.25, 0.3) is 0 Å². The first-order chi connectivity index (χ1) is 7.84. The van der Waals surface area contributed by atoms with E-state index in [2.05, 4.69) is 21.3 Å². The van der Waals surface area contributed by atoms with Gasteiger partial charge in [0.25, 0.3) is 0 Å². The van der Waals surface area contributed by atoms with Crippen molar-refractivity contribution in [2.75, 3.05) is 24.5 Å². The summed E-state index contributed by atoms with van der Waals surface area (Å²) < 4.78 is 0. The van der Waals surface area contributed by atoms with Crippen molar-refractivity contribution < 1.29 is 0 Å². The van der Waals surface area contributed by atoms with Crippen molar-refractivity contribution in [3.8, 4) is 0 Å². The average Bonchev–Trinajstić information content (AvgIpc) is 2.78. The standard InChI is InChI=1S/C12H16ClN3/c13-12-4-3-10(7-15-12)16-5-1-2-9-6-14-8-11(9)16/h3-4,7,9,11,14H,1-2,5-6,8H2/t9-,11+/m0/s1. The lowest BCUT2D eigenvalue weighted by Crippen LogP contribution is -2.45. The summed E-state index contributed by atoms with van der Waals surface area (Å²) in [5, 5.41) is 4.06. The normalized spacial score (nSPS) is 29.2. The van der Waals surface area contributed by atoms with Crippen molar-refractivity contribution >= 4 is 17.3 Å². The van der Waals surface area contributed by atoms with Crippen molar-refractivity contribution in [2.45, 2.75) is 18.9 Å². The lowest BCUT2D eigenvalue weighted by Gasteiger charge is -2.38. The Kier molecular flexibility index (Phi) is 2.74. The van der Waals surface area contributed by atoms with E-state index in [1.165, 1.54) is 25.1 Å². The summed E-state index contributed by atoms with van der Waals surface area (Å²) in [4.78, 5) is 6.66. The molecular formula is C12H16ClN3. The van der Waals surface area contributed by atoms with Crippen molar-refractivity contribution in [2.24, 2.45) is 5.92 Å². The van der Waals surface area contributed by atoms with Crippen LogP contribution in [0.5, 0.6) is 0 Å². The van der Waals surface area contributed by atoms with E-state index in [1.807, 2.05) is 12.3 Å². The van der Waals surface area contributed by atoms with E-state index in [0.29, 0.717) is 11.2 Å². The van der Waals surface area contributed by atoms with Crippen LogP contribution in [0, 0.1) is 5.92 Å². The zero-order chi connectivity index (χ0) is 11.0. The van der Waals surface area contributed by atoms with E-state index in [1.54, 1.807) is 0 Å². The summed E-state index contributed by atoms with van der Waals surface area (Å²) in [7, 11) is 0. The molecule has 0 saturated carbocycles. The average molecular weight is 238 g/mol. The van der Waals surface area contributed by atoms with Gasteiger partial charge in [-0.2, -0.15) is 0 Å². The first-order valence-electron chi connectivity index (χ1n) is 5.93. The highest BCUT2D eigenvalue weighted by Crippen LogP contribution is 2.30. The number of rotatable bonds is 1. The number of hydrogen-bond acceptors (Lipinski definition) is 3. The Morgan fingerprint density at radius 1 is 1.38 bits per heavy atom. The molecule has 1 aromatic rings. The summed E-state index contributed by atoms with van der Waals surface area (Å²) in [5.41, 5.74) is 1.21. The molecule has 1 N–H and O–H groups in total. The van der Waals surface area contributed by atoms with Crippen LogP contribution in [0.15, 0.2) is 18.3 Å². The summed E-state index contributed by atoms with van der Waals surface area (Å²) in [6.45, 7) is 3.42. The Balaban J connectivity index is 1.85. The van der Waals surface area contributed by atoms with Crippen LogP contribution in [-0.2, 0) is 0 Å².